The van der Waals surface area contributed by atoms with Crippen molar-refractivity contribution in [2.45, 2.75) is 18.2 Å². The first-order valence-corrected chi connectivity index (χ1v) is 7.31. The van der Waals surface area contributed by atoms with E-state index in [0.29, 0.717) is 16.6 Å². The Kier molecular flexibility index (Phi) is 5.66. The summed E-state index contributed by atoms with van der Waals surface area (Å²) in [4.78, 5) is 2.24. The normalized spacial score (nSPS) is 25.1. The van der Waals surface area contributed by atoms with E-state index in [-0.39, 0.29) is 18.2 Å². The fourth-order valence-electron chi connectivity index (χ4n) is 2.72. The molecule has 2 N–H and O–H groups in total. The molecule has 3 atom stereocenters. The van der Waals surface area contributed by atoms with Gasteiger partial charge in [-0.3, -0.25) is 4.90 Å². The molecule has 1 saturated heterocycles. The van der Waals surface area contributed by atoms with Gasteiger partial charge in [0.15, 0.2) is 0 Å². The second kappa shape index (κ2) is 7.07. The lowest BCUT2D eigenvalue weighted by Gasteiger charge is -2.27. The number of halogens is 2. The zero-order chi connectivity index (χ0) is 14.7. The molecule has 3 unspecified atom stereocenters. The summed E-state index contributed by atoms with van der Waals surface area (Å²) in [6, 6.07) is 5.48. The molecule has 1 aliphatic rings. The molecule has 0 aliphatic carbocycles. The van der Waals surface area contributed by atoms with Gasteiger partial charge in [0.25, 0.3) is 0 Å². The van der Waals surface area contributed by atoms with Gasteiger partial charge < -0.3 is 15.2 Å². The second-order valence-corrected chi connectivity index (χ2v) is 5.76. The Morgan fingerprint density at radius 1 is 1.25 bits per heavy atom. The summed E-state index contributed by atoms with van der Waals surface area (Å²) < 4.78 is 10.9. The predicted molar refractivity (Wildman–Crippen MR) is 81.4 cm³/mol. The number of hydrogen-bond donors (Lipinski definition) is 1. The van der Waals surface area contributed by atoms with Crippen LogP contribution in [0.25, 0.3) is 0 Å². The van der Waals surface area contributed by atoms with E-state index in [2.05, 4.69) is 4.90 Å². The van der Waals surface area contributed by atoms with Crippen LogP contribution >= 0.6 is 23.2 Å². The SMILES string of the molecule is COC1CN(C(CN)c2cc(Cl)ccc2Cl)CC1OC. The van der Waals surface area contributed by atoms with Crippen LogP contribution in [0.3, 0.4) is 0 Å². The van der Waals surface area contributed by atoms with Crippen LogP contribution in [0.15, 0.2) is 18.2 Å². The molecule has 20 heavy (non-hydrogen) atoms. The van der Waals surface area contributed by atoms with E-state index >= 15 is 0 Å². The molecule has 1 aromatic rings. The second-order valence-electron chi connectivity index (χ2n) is 4.92. The van der Waals surface area contributed by atoms with Crippen molar-refractivity contribution >= 4 is 23.2 Å². The Labute approximate surface area is 129 Å². The summed E-state index contributed by atoms with van der Waals surface area (Å²) in [5.74, 6) is 0. The molecule has 0 saturated carbocycles. The summed E-state index contributed by atoms with van der Waals surface area (Å²) in [5, 5.41) is 1.34. The van der Waals surface area contributed by atoms with Crippen LogP contribution in [0.1, 0.15) is 11.6 Å². The van der Waals surface area contributed by atoms with Gasteiger partial charge >= 0.3 is 0 Å². The van der Waals surface area contributed by atoms with Gasteiger partial charge in [0.2, 0.25) is 0 Å². The molecule has 0 bridgehead atoms. The van der Waals surface area contributed by atoms with Crippen LogP contribution in [0.2, 0.25) is 10.0 Å². The number of methoxy groups -OCH3 is 2. The van der Waals surface area contributed by atoms with Gasteiger partial charge in [-0.1, -0.05) is 23.2 Å². The fourth-order valence-corrected chi connectivity index (χ4v) is 3.15. The van der Waals surface area contributed by atoms with Crippen molar-refractivity contribution in [3.8, 4) is 0 Å². The Balaban J connectivity index is 2.23. The van der Waals surface area contributed by atoms with Gasteiger partial charge in [-0.05, 0) is 23.8 Å². The summed E-state index contributed by atoms with van der Waals surface area (Å²) in [6.07, 6.45) is 0.0963. The summed E-state index contributed by atoms with van der Waals surface area (Å²) in [7, 11) is 3.40. The molecule has 6 heteroatoms. The monoisotopic (exact) mass is 318 g/mol. The van der Waals surface area contributed by atoms with Gasteiger partial charge in [0, 0.05) is 49.9 Å². The number of hydrogen-bond acceptors (Lipinski definition) is 4. The first-order valence-electron chi connectivity index (χ1n) is 6.55. The minimum absolute atomic E-state index is 0.0130. The standard InChI is InChI=1S/C14H20Cl2N2O2/c1-19-13-7-18(8-14(13)20-2)12(6-17)10-5-9(15)3-4-11(10)16/h3-5,12-14H,6-8,17H2,1-2H3. The molecular formula is C14H20Cl2N2O2. The molecule has 0 aromatic heterocycles. The molecule has 0 radical (unpaired) electrons. The number of rotatable bonds is 5. The Morgan fingerprint density at radius 2 is 1.85 bits per heavy atom. The zero-order valence-corrected chi connectivity index (χ0v) is 13.2. The van der Waals surface area contributed by atoms with Crippen LogP contribution in [-0.2, 0) is 9.47 Å². The molecule has 1 aliphatic heterocycles. The quantitative estimate of drug-likeness (QED) is 0.905. The van der Waals surface area contributed by atoms with Crippen LogP contribution in [0.4, 0.5) is 0 Å². The van der Waals surface area contributed by atoms with Gasteiger partial charge in [-0.25, -0.2) is 0 Å². The first kappa shape index (κ1) is 16.0. The van der Waals surface area contributed by atoms with Crippen LogP contribution in [0.5, 0.6) is 0 Å². The highest BCUT2D eigenvalue weighted by atomic mass is 35.5. The van der Waals surface area contributed by atoms with Gasteiger partial charge in [-0.2, -0.15) is 0 Å². The molecule has 2 rings (SSSR count). The van der Waals surface area contributed by atoms with E-state index in [9.17, 15) is 0 Å². The third-order valence-corrected chi connectivity index (χ3v) is 4.41. The topological polar surface area (TPSA) is 47.7 Å². The highest BCUT2D eigenvalue weighted by molar-refractivity contribution is 6.33. The molecule has 1 aromatic carbocycles. The van der Waals surface area contributed by atoms with Crippen molar-refractivity contribution in [3.05, 3.63) is 33.8 Å². The molecular weight excluding hydrogens is 299 g/mol. The highest BCUT2D eigenvalue weighted by Gasteiger charge is 2.37. The third-order valence-electron chi connectivity index (χ3n) is 3.83. The van der Waals surface area contributed by atoms with E-state index in [1.54, 1.807) is 26.4 Å². The van der Waals surface area contributed by atoms with E-state index in [4.69, 9.17) is 38.4 Å². The lowest BCUT2D eigenvalue weighted by atomic mass is 10.1. The maximum atomic E-state index is 6.29. The van der Waals surface area contributed by atoms with Crippen molar-refractivity contribution in [1.29, 1.82) is 0 Å². The number of benzene rings is 1. The van der Waals surface area contributed by atoms with Gasteiger partial charge in [-0.15, -0.1) is 0 Å². The van der Waals surface area contributed by atoms with Crippen molar-refractivity contribution in [2.75, 3.05) is 33.9 Å². The lowest BCUT2D eigenvalue weighted by Crippen LogP contribution is -2.33. The van der Waals surface area contributed by atoms with Crippen molar-refractivity contribution in [3.63, 3.8) is 0 Å². The van der Waals surface area contributed by atoms with Crippen LogP contribution < -0.4 is 5.73 Å². The molecule has 0 amide bonds. The van der Waals surface area contributed by atoms with Gasteiger partial charge in [0.1, 0.15) is 0 Å². The Bertz CT molecular complexity index is 447. The average Bonchev–Trinajstić information content (AvgIpc) is 2.86. The number of nitrogens with zero attached hydrogens (tertiary/aromatic N) is 1. The minimum Gasteiger partial charge on any atom is -0.377 e. The third kappa shape index (κ3) is 3.27. The summed E-state index contributed by atoms with van der Waals surface area (Å²) >= 11 is 12.4. The van der Waals surface area contributed by atoms with Crippen LogP contribution in [0, 0.1) is 0 Å². The smallest absolute Gasteiger partial charge is 0.0972 e. The molecule has 1 heterocycles. The Hall–Kier alpha value is -0.360. The number of likely N-dealkylation sites (tertiary alicyclic amines) is 1. The van der Waals surface area contributed by atoms with Gasteiger partial charge in [0.05, 0.1) is 12.2 Å². The highest BCUT2D eigenvalue weighted by Crippen LogP contribution is 2.32. The molecule has 0 spiro atoms. The summed E-state index contributed by atoms with van der Waals surface area (Å²) in [5.41, 5.74) is 6.90. The van der Waals surface area contributed by atoms with Crippen molar-refractivity contribution in [1.82, 2.24) is 4.90 Å². The van der Waals surface area contributed by atoms with E-state index < -0.39 is 0 Å². The van der Waals surface area contributed by atoms with Crippen molar-refractivity contribution in [2.24, 2.45) is 5.73 Å². The number of nitrogens with two attached hydrogens (primary N) is 1. The maximum absolute atomic E-state index is 6.29. The Morgan fingerprint density at radius 3 is 2.35 bits per heavy atom. The molecule has 1 fully saturated rings. The average molecular weight is 319 g/mol. The first-order chi connectivity index (χ1) is 9.60. The van der Waals surface area contributed by atoms with E-state index in [1.165, 1.54) is 0 Å². The lowest BCUT2D eigenvalue weighted by molar-refractivity contribution is -0.00461. The predicted octanol–water partition coefficient (Wildman–Crippen LogP) is 2.34. The number of ether oxygens (including phenoxy) is 2. The fraction of sp³-hybridized carbons (Fsp3) is 0.571. The van der Waals surface area contributed by atoms with E-state index in [0.717, 1.165) is 18.7 Å². The van der Waals surface area contributed by atoms with E-state index in [1.807, 2.05) is 6.07 Å². The zero-order valence-electron chi connectivity index (χ0n) is 11.7. The minimum atomic E-state index is 0.0130. The largest absolute Gasteiger partial charge is 0.377 e. The van der Waals surface area contributed by atoms with Crippen LogP contribution in [-0.4, -0.2) is 51.0 Å². The summed E-state index contributed by atoms with van der Waals surface area (Å²) in [6.45, 7) is 1.99. The molecule has 112 valence electrons. The molecule has 4 nitrogen and oxygen atoms in total. The maximum Gasteiger partial charge on any atom is 0.0972 e. The van der Waals surface area contributed by atoms with Crippen molar-refractivity contribution < 1.29 is 9.47 Å².